The first-order valence-electron chi connectivity index (χ1n) is 5.10. The third-order valence-corrected chi connectivity index (χ3v) is 2.52. The third-order valence-electron chi connectivity index (χ3n) is 2.03. The van der Waals surface area contributed by atoms with Gasteiger partial charge in [-0.3, -0.25) is 4.74 Å². The van der Waals surface area contributed by atoms with Gasteiger partial charge in [0, 0.05) is 10.0 Å². The van der Waals surface area contributed by atoms with Crippen molar-refractivity contribution in [3.8, 4) is 5.75 Å². The summed E-state index contributed by atoms with van der Waals surface area (Å²) in [6, 6.07) is 4.89. The molecule has 0 aliphatic rings. The number of alkyl halides is 3. The second-order valence-corrected chi connectivity index (χ2v) is 4.42. The Kier molecular flexibility index (Phi) is 5.43. The third kappa shape index (κ3) is 5.24. The van der Waals surface area contributed by atoms with Crippen molar-refractivity contribution < 1.29 is 27.8 Å². The Morgan fingerprint density at radius 3 is 2.56 bits per heavy atom. The molecule has 0 aliphatic heterocycles. The molecule has 1 N–H and O–H groups in total. The Hall–Kier alpha value is -0.790. The molecule has 7 heteroatoms. The zero-order valence-electron chi connectivity index (χ0n) is 9.50. The summed E-state index contributed by atoms with van der Waals surface area (Å²) < 4.78 is 44.6. The van der Waals surface area contributed by atoms with Crippen LogP contribution in [0.3, 0.4) is 0 Å². The molecule has 1 atom stereocenters. The number of halogens is 4. The summed E-state index contributed by atoms with van der Waals surface area (Å²) >= 11 is 3.23. The van der Waals surface area contributed by atoms with Crippen molar-refractivity contribution in [2.75, 3.05) is 13.2 Å². The van der Waals surface area contributed by atoms with Gasteiger partial charge in [0.05, 0.1) is 12.7 Å². The van der Waals surface area contributed by atoms with Gasteiger partial charge < -0.3 is 9.84 Å². The summed E-state index contributed by atoms with van der Waals surface area (Å²) in [7, 11) is 0. The van der Waals surface area contributed by atoms with Crippen molar-refractivity contribution in [2.45, 2.75) is 19.4 Å². The van der Waals surface area contributed by atoms with Gasteiger partial charge >= 0.3 is 6.36 Å². The van der Waals surface area contributed by atoms with E-state index in [0.717, 1.165) is 4.47 Å². The van der Waals surface area contributed by atoms with E-state index in [1.807, 2.05) is 0 Å². The van der Waals surface area contributed by atoms with Crippen LogP contribution in [0.15, 0.2) is 22.7 Å². The van der Waals surface area contributed by atoms with Gasteiger partial charge in [-0.25, -0.2) is 0 Å². The summed E-state index contributed by atoms with van der Waals surface area (Å²) in [5.74, 6) is 0.332. The molecule has 0 radical (unpaired) electrons. The van der Waals surface area contributed by atoms with E-state index in [1.54, 1.807) is 25.1 Å². The number of benzene rings is 1. The predicted molar refractivity (Wildman–Crippen MR) is 62.3 cm³/mol. The average molecular weight is 329 g/mol. The van der Waals surface area contributed by atoms with Crippen LogP contribution in [-0.2, 0) is 4.74 Å². The summed E-state index contributed by atoms with van der Waals surface area (Å²) in [6.07, 6.45) is -5.43. The zero-order chi connectivity index (χ0) is 13.8. The Balaban J connectivity index is 2.57. The number of hydrogen-bond donors (Lipinski definition) is 1. The van der Waals surface area contributed by atoms with E-state index in [-0.39, 0.29) is 6.61 Å². The molecule has 1 aromatic rings. The van der Waals surface area contributed by atoms with Crippen molar-refractivity contribution in [3.63, 3.8) is 0 Å². The molecule has 1 aromatic carbocycles. The molecule has 18 heavy (non-hydrogen) atoms. The summed E-state index contributed by atoms with van der Waals surface area (Å²) in [5, 5.41) is 9.50. The van der Waals surface area contributed by atoms with Gasteiger partial charge in [-0.1, -0.05) is 15.9 Å². The molecule has 0 bridgehead atoms. The molecule has 0 saturated carbocycles. The predicted octanol–water partition coefficient (Wildman–Crippen LogP) is 3.42. The Morgan fingerprint density at radius 2 is 2.00 bits per heavy atom. The summed E-state index contributed by atoms with van der Waals surface area (Å²) in [4.78, 5) is 0. The molecule has 0 amide bonds. The Bertz CT molecular complexity index is 394. The van der Waals surface area contributed by atoms with Gasteiger partial charge in [-0.05, 0) is 25.1 Å². The van der Waals surface area contributed by atoms with Crippen LogP contribution in [-0.4, -0.2) is 24.7 Å². The molecule has 0 aromatic heterocycles. The highest BCUT2D eigenvalue weighted by Crippen LogP contribution is 2.28. The van der Waals surface area contributed by atoms with Crippen LogP contribution >= 0.6 is 15.9 Å². The van der Waals surface area contributed by atoms with Crippen LogP contribution in [0.25, 0.3) is 0 Å². The summed E-state index contributed by atoms with van der Waals surface area (Å²) in [6.45, 7) is 0.695. The lowest BCUT2D eigenvalue weighted by Gasteiger charge is -2.14. The van der Waals surface area contributed by atoms with Gasteiger partial charge in [0.15, 0.2) is 0 Å². The second-order valence-electron chi connectivity index (χ2n) is 3.50. The van der Waals surface area contributed by atoms with Gasteiger partial charge in [0.25, 0.3) is 0 Å². The van der Waals surface area contributed by atoms with Crippen molar-refractivity contribution in [1.29, 1.82) is 0 Å². The fourth-order valence-corrected chi connectivity index (χ4v) is 1.67. The quantitative estimate of drug-likeness (QED) is 0.842. The van der Waals surface area contributed by atoms with E-state index < -0.39 is 19.1 Å². The molecular weight excluding hydrogens is 317 g/mol. The first-order valence-corrected chi connectivity index (χ1v) is 5.90. The molecule has 0 heterocycles. The topological polar surface area (TPSA) is 38.7 Å². The zero-order valence-corrected chi connectivity index (χ0v) is 11.1. The van der Waals surface area contributed by atoms with Crippen molar-refractivity contribution in [3.05, 3.63) is 28.2 Å². The minimum atomic E-state index is -4.66. The van der Waals surface area contributed by atoms with Crippen molar-refractivity contribution in [2.24, 2.45) is 0 Å². The van der Waals surface area contributed by atoms with E-state index in [2.05, 4.69) is 20.7 Å². The van der Waals surface area contributed by atoms with E-state index in [9.17, 15) is 18.3 Å². The fourth-order valence-electron chi connectivity index (χ4n) is 1.29. The van der Waals surface area contributed by atoms with Crippen molar-refractivity contribution in [1.82, 2.24) is 0 Å². The molecule has 102 valence electrons. The highest BCUT2D eigenvalue weighted by molar-refractivity contribution is 9.10. The van der Waals surface area contributed by atoms with Crippen LogP contribution < -0.4 is 4.74 Å². The van der Waals surface area contributed by atoms with Crippen molar-refractivity contribution >= 4 is 15.9 Å². The molecule has 0 fully saturated rings. The number of ether oxygens (including phenoxy) is 2. The lowest BCUT2D eigenvalue weighted by atomic mass is 10.1. The Morgan fingerprint density at radius 1 is 1.33 bits per heavy atom. The van der Waals surface area contributed by atoms with Crippen LogP contribution in [0, 0.1) is 0 Å². The minimum absolute atomic E-state index is 0.249. The number of aliphatic hydroxyl groups excluding tert-OH is 1. The molecule has 0 aliphatic carbocycles. The standard InChI is InChI=1S/C11H12BrF3O3/c1-7(16)9-6-8(12)2-3-10(9)17-4-5-18-11(13,14)15/h2-3,6-7,16H,4-5H2,1H3/t7-/m1/s1. The smallest absolute Gasteiger partial charge is 0.491 e. The minimum Gasteiger partial charge on any atom is -0.491 e. The number of rotatable bonds is 5. The maximum absolute atomic E-state index is 11.7. The van der Waals surface area contributed by atoms with Gasteiger partial charge in [0.2, 0.25) is 0 Å². The molecule has 3 nitrogen and oxygen atoms in total. The number of aliphatic hydroxyl groups is 1. The molecule has 0 saturated heterocycles. The maximum Gasteiger partial charge on any atom is 0.522 e. The van der Waals surface area contributed by atoms with E-state index in [4.69, 9.17) is 4.74 Å². The van der Waals surface area contributed by atoms with Gasteiger partial charge in [-0.2, -0.15) is 0 Å². The van der Waals surface area contributed by atoms with Crippen LogP contribution in [0.4, 0.5) is 13.2 Å². The lowest BCUT2D eigenvalue weighted by molar-refractivity contribution is -0.325. The van der Waals surface area contributed by atoms with E-state index >= 15 is 0 Å². The van der Waals surface area contributed by atoms with Crippen LogP contribution in [0.2, 0.25) is 0 Å². The summed E-state index contributed by atoms with van der Waals surface area (Å²) in [5.41, 5.74) is 0.497. The molecule has 0 spiro atoms. The van der Waals surface area contributed by atoms with Crippen LogP contribution in [0.1, 0.15) is 18.6 Å². The highest BCUT2D eigenvalue weighted by Gasteiger charge is 2.28. The highest BCUT2D eigenvalue weighted by atomic mass is 79.9. The monoisotopic (exact) mass is 328 g/mol. The second kappa shape index (κ2) is 6.40. The SMILES string of the molecule is C[C@@H](O)c1cc(Br)ccc1OCCOC(F)(F)F. The first-order chi connectivity index (χ1) is 8.29. The van der Waals surface area contributed by atoms with Crippen LogP contribution in [0.5, 0.6) is 5.75 Å². The number of hydrogen-bond acceptors (Lipinski definition) is 3. The van der Waals surface area contributed by atoms with E-state index in [0.29, 0.717) is 11.3 Å². The molecule has 0 unspecified atom stereocenters. The normalized spacial score (nSPS) is 13.4. The average Bonchev–Trinajstić information content (AvgIpc) is 2.24. The largest absolute Gasteiger partial charge is 0.522 e. The first kappa shape index (κ1) is 15.3. The maximum atomic E-state index is 11.7. The molecule has 1 rings (SSSR count). The Labute approximate surface area is 111 Å². The lowest BCUT2D eigenvalue weighted by Crippen LogP contribution is -2.18. The van der Waals surface area contributed by atoms with Gasteiger partial charge in [-0.15, -0.1) is 13.2 Å². The molecular formula is C11H12BrF3O3. The van der Waals surface area contributed by atoms with Gasteiger partial charge in [0.1, 0.15) is 12.4 Å². The van der Waals surface area contributed by atoms with E-state index in [1.165, 1.54) is 0 Å². The fraction of sp³-hybridized carbons (Fsp3) is 0.455.